The Labute approximate surface area is 148 Å². The lowest BCUT2D eigenvalue weighted by atomic mass is 10.0. The number of Topliss-reactive ketones (excluding diaryl/α,β-unsaturated/α-hetero) is 1. The van der Waals surface area contributed by atoms with Crippen LogP contribution < -0.4 is 9.47 Å². The van der Waals surface area contributed by atoms with Crippen LogP contribution in [0.2, 0.25) is 0 Å². The van der Waals surface area contributed by atoms with E-state index in [1.165, 1.54) is 18.4 Å². The zero-order chi connectivity index (χ0) is 18.1. The first-order valence-corrected chi connectivity index (χ1v) is 7.87. The van der Waals surface area contributed by atoms with Crippen LogP contribution >= 0.6 is 0 Å². The molecule has 0 N–H and O–H groups in total. The number of rotatable bonds is 3. The van der Waals surface area contributed by atoms with Crippen molar-refractivity contribution in [1.82, 2.24) is 4.98 Å². The summed E-state index contributed by atoms with van der Waals surface area (Å²) in [6.07, 6.45) is 4.60. The third kappa shape index (κ3) is 2.88. The van der Waals surface area contributed by atoms with Crippen LogP contribution in [0.4, 0.5) is 0 Å². The smallest absolute Gasteiger partial charge is 0.379 e. The average molecular weight is 347 g/mol. The number of fused-ring (bicyclic) bond motifs is 1. The number of aryl methyl sites for hydroxylation is 1. The number of hydrogen-bond donors (Lipinski definition) is 0. The van der Waals surface area contributed by atoms with Gasteiger partial charge in [-0.25, -0.2) is 4.79 Å². The fourth-order valence-corrected chi connectivity index (χ4v) is 2.68. The van der Waals surface area contributed by atoms with E-state index in [0.29, 0.717) is 22.6 Å². The number of aromatic nitrogens is 1. The average Bonchev–Trinajstić information content (AvgIpc) is 3.25. The monoisotopic (exact) mass is 347 g/mol. The summed E-state index contributed by atoms with van der Waals surface area (Å²) < 4.78 is 16.0. The molecule has 0 fully saturated rings. The highest BCUT2D eigenvalue weighted by Gasteiger charge is 2.30. The Hall–Kier alpha value is -3.67. The first kappa shape index (κ1) is 15.8. The second-order valence-corrected chi connectivity index (χ2v) is 5.67. The SMILES string of the molecule is Cc1cc(OC(=O)c2ccco2)cc2c1C(=O)/C(=C/c1ccccn1)O2. The van der Waals surface area contributed by atoms with E-state index in [0.717, 1.165) is 0 Å². The van der Waals surface area contributed by atoms with Crippen molar-refractivity contribution in [1.29, 1.82) is 0 Å². The van der Waals surface area contributed by atoms with Gasteiger partial charge in [0.2, 0.25) is 11.5 Å². The first-order chi connectivity index (χ1) is 12.6. The summed E-state index contributed by atoms with van der Waals surface area (Å²) in [5.41, 5.74) is 1.72. The van der Waals surface area contributed by atoms with Crippen molar-refractivity contribution in [2.75, 3.05) is 0 Å². The van der Waals surface area contributed by atoms with Crippen molar-refractivity contribution in [3.05, 3.63) is 83.3 Å². The number of nitrogens with zero attached hydrogens (tertiary/aromatic N) is 1. The summed E-state index contributed by atoms with van der Waals surface area (Å²) in [4.78, 5) is 28.8. The molecular formula is C20H13NO5. The van der Waals surface area contributed by atoms with Gasteiger partial charge in [0.1, 0.15) is 11.5 Å². The number of benzene rings is 1. The van der Waals surface area contributed by atoms with E-state index in [4.69, 9.17) is 13.9 Å². The van der Waals surface area contributed by atoms with Gasteiger partial charge >= 0.3 is 5.97 Å². The van der Waals surface area contributed by atoms with E-state index in [1.807, 2.05) is 6.07 Å². The number of carbonyl (C=O) groups excluding carboxylic acids is 2. The van der Waals surface area contributed by atoms with E-state index in [9.17, 15) is 9.59 Å². The number of esters is 1. The maximum Gasteiger partial charge on any atom is 0.379 e. The lowest BCUT2D eigenvalue weighted by Crippen LogP contribution is -2.07. The summed E-state index contributed by atoms with van der Waals surface area (Å²) in [6.45, 7) is 1.76. The van der Waals surface area contributed by atoms with Gasteiger partial charge < -0.3 is 13.9 Å². The third-order valence-electron chi connectivity index (χ3n) is 3.84. The lowest BCUT2D eigenvalue weighted by molar-refractivity contribution is 0.0701. The number of hydrogen-bond acceptors (Lipinski definition) is 6. The number of furan rings is 1. The molecule has 0 amide bonds. The quantitative estimate of drug-likeness (QED) is 0.407. The number of ether oxygens (including phenoxy) is 2. The lowest BCUT2D eigenvalue weighted by Gasteiger charge is -2.06. The van der Waals surface area contributed by atoms with Crippen LogP contribution in [0.5, 0.6) is 11.5 Å². The fourth-order valence-electron chi connectivity index (χ4n) is 2.68. The maximum atomic E-state index is 12.6. The second kappa shape index (κ2) is 6.33. The molecule has 3 aromatic rings. The number of allylic oxidation sites excluding steroid dienone is 1. The van der Waals surface area contributed by atoms with Gasteiger partial charge in [-0.2, -0.15) is 0 Å². The van der Waals surface area contributed by atoms with Crippen LogP contribution in [-0.4, -0.2) is 16.7 Å². The molecule has 0 radical (unpaired) electrons. The van der Waals surface area contributed by atoms with Crippen LogP contribution in [0.3, 0.4) is 0 Å². The number of carbonyl (C=O) groups is 2. The molecule has 1 aliphatic heterocycles. The molecule has 4 rings (SSSR count). The van der Waals surface area contributed by atoms with E-state index in [1.54, 1.807) is 43.5 Å². The summed E-state index contributed by atoms with van der Waals surface area (Å²) in [5.74, 6) is 0.0381. The number of ketones is 1. The predicted octanol–water partition coefficient (Wildman–Crippen LogP) is 3.82. The Morgan fingerprint density at radius 2 is 2.08 bits per heavy atom. The molecule has 0 spiro atoms. The molecule has 3 heterocycles. The van der Waals surface area contributed by atoms with Crippen LogP contribution in [-0.2, 0) is 0 Å². The molecule has 0 saturated carbocycles. The molecule has 6 heteroatoms. The normalized spacial score (nSPS) is 14.2. The fraction of sp³-hybridized carbons (Fsp3) is 0.0500. The van der Waals surface area contributed by atoms with Crippen molar-refractivity contribution in [3.8, 4) is 11.5 Å². The van der Waals surface area contributed by atoms with Crippen molar-refractivity contribution in [3.63, 3.8) is 0 Å². The van der Waals surface area contributed by atoms with Gasteiger partial charge in [-0.3, -0.25) is 9.78 Å². The van der Waals surface area contributed by atoms with E-state index in [2.05, 4.69) is 4.98 Å². The second-order valence-electron chi connectivity index (χ2n) is 5.67. The molecule has 128 valence electrons. The van der Waals surface area contributed by atoms with Crippen LogP contribution in [0.15, 0.2) is 65.1 Å². The molecule has 26 heavy (non-hydrogen) atoms. The molecule has 0 bridgehead atoms. The van der Waals surface area contributed by atoms with Crippen LogP contribution in [0, 0.1) is 6.92 Å². The summed E-state index contributed by atoms with van der Waals surface area (Å²) >= 11 is 0. The van der Waals surface area contributed by atoms with Gasteiger partial charge in [0.15, 0.2) is 5.76 Å². The van der Waals surface area contributed by atoms with E-state index >= 15 is 0 Å². The highest BCUT2D eigenvalue weighted by molar-refractivity contribution is 6.15. The predicted molar refractivity (Wildman–Crippen MR) is 92.0 cm³/mol. The molecular weight excluding hydrogens is 334 g/mol. The minimum Gasteiger partial charge on any atom is -0.457 e. The molecule has 1 aromatic carbocycles. The molecule has 0 saturated heterocycles. The zero-order valence-corrected chi connectivity index (χ0v) is 13.8. The van der Waals surface area contributed by atoms with Crippen molar-refractivity contribution < 1.29 is 23.5 Å². The van der Waals surface area contributed by atoms with Gasteiger partial charge in [-0.15, -0.1) is 0 Å². The van der Waals surface area contributed by atoms with Crippen molar-refractivity contribution >= 4 is 17.8 Å². The Kier molecular flexibility index (Phi) is 3.85. The summed E-state index contributed by atoms with van der Waals surface area (Å²) in [5, 5.41) is 0. The van der Waals surface area contributed by atoms with Crippen LogP contribution in [0.1, 0.15) is 32.2 Å². The molecule has 0 aliphatic carbocycles. The van der Waals surface area contributed by atoms with Gasteiger partial charge in [-0.05, 0) is 42.8 Å². The van der Waals surface area contributed by atoms with Gasteiger partial charge in [0.25, 0.3) is 0 Å². The van der Waals surface area contributed by atoms with Crippen LogP contribution in [0.25, 0.3) is 6.08 Å². The Morgan fingerprint density at radius 1 is 1.19 bits per heavy atom. The summed E-state index contributed by atoms with van der Waals surface area (Å²) in [7, 11) is 0. The standard InChI is InChI=1S/C20H13NO5/c1-12-9-14(25-20(23)15-6-4-8-24-15)11-16-18(12)19(22)17(26-16)10-13-5-2-3-7-21-13/h2-11H,1H3/b17-10-. The molecule has 6 nitrogen and oxygen atoms in total. The first-order valence-electron chi connectivity index (χ1n) is 7.87. The minimum atomic E-state index is -0.622. The molecule has 0 atom stereocenters. The van der Waals surface area contributed by atoms with E-state index in [-0.39, 0.29) is 23.1 Å². The highest BCUT2D eigenvalue weighted by Crippen LogP contribution is 2.37. The Balaban J connectivity index is 1.63. The number of pyridine rings is 1. The zero-order valence-electron chi connectivity index (χ0n) is 13.8. The maximum absolute atomic E-state index is 12.6. The Morgan fingerprint density at radius 3 is 2.81 bits per heavy atom. The molecule has 2 aromatic heterocycles. The topological polar surface area (TPSA) is 78.6 Å². The highest BCUT2D eigenvalue weighted by atomic mass is 16.5. The van der Waals surface area contributed by atoms with Gasteiger partial charge in [0.05, 0.1) is 17.5 Å². The Bertz CT molecular complexity index is 1020. The molecule has 1 aliphatic rings. The van der Waals surface area contributed by atoms with Crippen molar-refractivity contribution in [2.45, 2.75) is 6.92 Å². The summed E-state index contributed by atoms with van der Waals surface area (Å²) in [6, 6.07) is 11.6. The molecule has 0 unspecified atom stereocenters. The van der Waals surface area contributed by atoms with E-state index < -0.39 is 5.97 Å². The van der Waals surface area contributed by atoms with Gasteiger partial charge in [0, 0.05) is 18.3 Å². The third-order valence-corrected chi connectivity index (χ3v) is 3.84. The largest absolute Gasteiger partial charge is 0.457 e. The van der Waals surface area contributed by atoms with Gasteiger partial charge in [-0.1, -0.05) is 6.07 Å². The minimum absolute atomic E-state index is 0.0934. The van der Waals surface area contributed by atoms with Crippen molar-refractivity contribution in [2.24, 2.45) is 0 Å².